The van der Waals surface area contributed by atoms with Gasteiger partial charge in [-0.1, -0.05) is 6.42 Å². The van der Waals surface area contributed by atoms with Crippen molar-refractivity contribution in [3.05, 3.63) is 17.0 Å². The first-order valence-electron chi connectivity index (χ1n) is 8.89. The number of esters is 2. The van der Waals surface area contributed by atoms with Crippen LogP contribution in [0.25, 0.3) is 0 Å². The Labute approximate surface area is 153 Å². The molecule has 1 aromatic heterocycles. The van der Waals surface area contributed by atoms with Gasteiger partial charge < -0.3 is 19.9 Å². The van der Waals surface area contributed by atoms with Crippen LogP contribution in [0.3, 0.4) is 0 Å². The number of carbonyl (C=O) groups excluding carboxylic acids is 2. The summed E-state index contributed by atoms with van der Waals surface area (Å²) in [5.74, 6) is -0.668. The zero-order valence-electron chi connectivity index (χ0n) is 15.1. The lowest BCUT2D eigenvalue weighted by atomic mass is 10.1. The maximum Gasteiger partial charge on any atom is 0.328 e. The topological polar surface area (TPSA) is 84.9 Å². The fourth-order valence-electron chi connectivity index (χ4n) is 2.34. The fraction of sp³-hybridized carbons (Fsp3) is 0.667. The average Bonchev–Trinajstić information content (AvgIpc) is 3.03. The maximum atomic E-state index is 12.1. The van der Waals surface area contributed by atoms with Crippen molar-refractivity contribution < 1.29 is 24.2 Å². The highest BCUT2D eigenvalue weighted by Gasteiger charge is 2.21. The third kappa shape index (κ3) is 8.88. The Morgan fingerprint density at radius 2 is 1.92 bits per heavy atom. The minimum atomic E-state index is -0.565. The lowest BCUT2D eigenvalue weighted by Crippen LogP contribution is -2.32. The molecule has 1 rings (SSSR count). The van der Waals surface area contributed by atoms with Gasteiger partial charge in [0, 0.05) is 17.9 Å². The molecule has 0 aromatic carbocycles. The second-order valence-corrected chi connectivity index (χ2v) is 6.76. The predicted molar refractivity (Wildman–Crippen MR) is 98.9 cm³/mol. The van der Waals surface area contributed by atoms with E-state index in [0.717, 1.165) is 30.7 Å². The summed E-state index contributed by atoms with van der Waals surface area (Å²) in [5, 5.41) is 12.9. The first kappa shape index (κ1) is 21.4. The summed E-state index contributed by atoms with van der Waals surface area (Å²) in [5.41, 5.74) is 0. The van der Waals surface area contributed by atoms with E-state index in [9.17, 15) is 9.59 Å². The minimum absolute atomic E-state index is 0.170. The molecule has 2 N–H and O–H groups in total. The van der Waals surface area contributed by atoms with Crippen LogP contribution in [0.4, 0.5) is 5.00 Å². The van der Waals surface area contributed by atoms with Gasteiger partial charge in [0.15, 0.2) is 0 Å². The van der Waals surface area contributed by atoms with Crippen LogP contribution in [0.5, 0.6) is 0 Å². The molecule has 1 heterocycles. The number of aliphatic hydroxyl groups excluding tert-OH is 1. The van der Waals surface area contributed by atoms with Crippen molar-refractivity contribution in [2.75, 3.05) is 25.1 Å². The summed E-state index contributed by atoms with van der Waals surface area (Å²) >= 11 is 1.60. The van der Waals surface area contributed by atoms with Crippen LogP contribution in [0.1, 0.15) is 50.8 Å². The molecule has 0 bridgehead atoms. The Kier molecular flexibility index (Phi) is 10.9. The first-order valence-corrected chi connectivity index (χ1v) is 9.70. The van der Waals surface area contributed by atoms with Crippen molar-refractivity contribution in [1.82, 2.24) is 0 Å². The molecule has 0 amide bonds. The monoisotopic (exact) mass is 371 g/mol. The van der Waals surface area contributed by atoms with Gasteiger partial charge in [-0.3, -0.25) is 4.79 Å². The van der Waals surface area contributed by atoms with Gasteiger partial charge in [0.05, 0.1) is 18.2 Å². The van der Waals surface area contributed by atoms with Gasteiger partial charge in [-0.05, 0) is 51.7 Å². The molecule has 7 heteroatoms. The van der Waals surface area contributed by atoms with Gasteiger partial charge in [-0.2, -0.15) is 0 Å². The number of aliphatic hydroxyl groups is 1. The van der Waals surface area contributed by atoms with Gasteiger partial charge in [-0.15, -0.1) is 11.3 Å². The molecule has 0 aliphatic heterocycles. The molecular formula is C18H29NO5S. The van der Waals surface area contributed by atoms with Crippen LogP contribution >= 0.6 is 11.3 Å². The van der Waals surface area contributed by atoms with Gasteiger partial charge in [0.2, 0.25) is 0 Å². The molecule has 0 spiro atoms. The summed E-state index contributed by atoms with van der Waals surface area (Å²) in [6.07, 6.45) is 4.33. The Morgan fingerprint density at radius 1 is 1.16 bits per heavy atom. The molecular weight excluding hydrogens is 342 g/mol. The largest absolute Gasteiger partial charge is 0.466 e. The maximum absolute atomic E-state index is 12.1. The molecule has 1 aromatic rings. The summed E-state index contributed by atoms with van der Waals surface area (Å²) in [4.78, 5) is 24.9. The van der Waals surface area contributed by atoms with Crippen LogP contribution in [-0.2, 0) is 25.5 Å². The SMILES string of the molecule is CCOC(=O)CC[C@H](Nc1ccc(CCCCCO)s1)C(=O)OCC. The zero-order chi connectivity index (χ0) is 18.5. The lowest BCUT2D eigenvalue weighted by molar-refractivity contribution is -0.145. The van der Waals surface area contributed by atoms with E-state index in [-0.39, 0.29) is 25.0 Å². The first-order chi connectivity index (χ1) is 12.1. The van der Waals surface area contributed by atoms with Crippen LogP contribution in [0.2, 0.25) is 0 Å². The highest BCUT2D eigenvalue weighted by molar-refractivity contribution is 7.16. The Balaban J connectivity index is 2.56. The number of unbranched alkanes of at least 4 members (excludes halogenated alkanes) is 2. The minimum Gasteiger partial charge on any atom is -0.466 e. The highest BCUT2D eigenvalue weighted by atomic mass is 32.1. The van der Waals surface area contributed by atoms with Gasteiger partial charge in [-0.25, -0.2) is 4.79 Å². The molecule has 25 heavy (non-hydrogen) atoms. The van der Waals surface area contributed by atoms with E-state index in [1.807, 2.05) is 12.1 Å². The fourth-order valence-corrected chi connectivity index (χ4v) is 3.34. The zero-order valence-corrected chi connectivity index (χ0v) is 15.9. The Morgan fingerprint density at radius 3 is 2.60 bits per heavy atom. The lowest BCUT2D eigenvalue weighted by Gasteiger charge is -2.16. The summed E-state index contributed by atoms with van der Waals surface area (Å²) in [6, 6.07) is 3.42. The third-order valence-corrected chi connectivity index (χ3v) is 4.65. The predicted octanol–water partition coefficient (Wildman–Crippen LogP) is 3.14. The van der Waals surface area contributed by atoms with Gasteiger partial charge >= 0.3 is 11.9 Å². The van der Waals surface area contributed by atoms with Crippen LogP contribution in [0, 0.1) is 0 Å². The Bertz CT molecular complexity index is 517. The van der Waals surface area contributed by atoms with Crippen LogP contribution in [0.15, 0.2) is 12.1 Å². The molecule has 0 fully saturated rings. The van der Waals surface area contributed by atoms with Gasteiger partial charge in [0.25, 0.3) is 0 Å². The van der Waals surface area contributed by atoms with Crippen molar-refractivity contribution in [2.24, 2.45) is 0 Å². The van der Waals surface area contributed by atoms with Crippen molar-refractivity contribution in [3.63, 3.8) is 0 Å². The van der Waals surface area contributed by atoms with Crippen molar-refractivity contribution in [2.45, 2.75) is 58.4 Å². The van der Waals surface area contributed by atoms with Crippen LogP contribution in [-0.4, -0.2) is 42.9 Å². The molecule has 0 unspecified atom stereocenters. The number of anilines is 1. The normalized spacial score (nSPS) is 11.8. The standard InChI is InChI=1S/C18H29NO5S/c1-3-23-17(21)12-10-15(18(22)24-4-2)19-16-11-9-14(25-16)8-6-5-7-13-20/h9,11,15,19-20H,3-8,10,12-13H2,1-2H3/t15-/m0/s1. The average molecular weight is 371 g/mol. The molecule has 0 radical (unpaired) electrons. The van der Waals surface area contributed by atoms with E-state index < -0.39 is 6.04 Å². The summed E-state index contributed by atoms with van der Waals surface area (Å²) < 4.78 is 10.0. The number of nitrogens with one attached hydrogen (secondary N) is 1. The number of hydrogen-bond donors (Lipinski definition) is 2. The second-order valence-electron chi connectivity index (χ2n) is 5.59. The van der Waals surface area contributed by atoms with Crippen molar-refractivity contribution in [1.29, 1.82) is 0 Å². The van der Waals surface area contributed by atoms with Gasteiger partial charge in [0.1, 0.15) is 6.04 Å². The molecule has 0 aliphatic carbocycles. The summed E-state index contributed by atoms with van der Waals surface area (Å²) in [7, 11) is 0. The number of thiophene rings is 1. The van der Waals surface area contributed by atoms with E-state index in [4.69, 9.17) is 14.6 Å². The van der Waals surface area contributed by atoms with Crippen molar-refractivity contribution in [3.8, 4) is 0 Å². The molecule has 0 aliphatic rings. The number of aryl methyl sites for hydroxylation is 1. The quantitative estimate of drug-likeness (QED) is 0.409. The second kappa shape index (κ2) is 12.7. The van der Waals surface area contributed by atoms with Crippen LogP contribution < -0.4 is 5.32 Å². The van der Waals surface area contributed by atoms with E-state index in [1.165, 1.54) is 4.88 Å². The van der Waals surface area contributed by atoms with Crippen molar-refractivity contribution >= 4 is 28.3 Å². The summed E-state index contributed by atoms with van der Waals surface area (Å²) in [6.45, 7) is 4.39. The molecule has 6 nitrogen and oxygen atoms in total. The number of hydrogen-bond acceptors (Lipinski definition) is 7. The number of carbonyl (C=O) groups is 2. The number of rotatable bonds is 13. The third-order valence-electron chi connectivity index (χ3n) is 3.57. The van der Waals surface area contributed by atoms with E-state index in [0.29, 0.717) is 19.6 Å². The van der Waals surface area contributed by atoms with E-state index in [1.54, 1.807) is 25.2 Å². The molecule has 142 valence electrons. The molecule has 0 saturated carbocycles. The molecule has 1 atom stereocenters. The number of ether oxygens (including phenoxy) is 2. The smallest absolute Gasteiger partial charge is 0.328 e. The molecule has 0 saturated heterocycles. The highest BCUT2D eigenvalue weighted by Crippen LogP contribution is 2.25. The van der Waals surface area contributed by atoms with E-state index >= 15 is 0 Å². The Hall–Kier alpha value is -1.60. The van der Waals surface area contributed by atoms with E-state index in [2.05, 4.69) is 5.32 Å².